The lowest BCUT2D eigenvalue weighted by Gasteiger charge is -2.06. The van der Waals surface area contributed by atoms with Crippen LogP contribution < -0.4 is 5.32 Å². The lowest BCUT2D eigenvalue weighted by atomic mass is 10.3. The number of nitrogens with one attached hydrogen (secondary N) is 1. The van der Waals surface area contributed by atoms with Crippen LogP contribution in [0, 0.1) is 0 Å². The lowest BCUT2D eigenvalue weighted by Crippen LogP contribution is -2.12. The summed E-state index contributed by atoms with van der Waals surface area (Å²) in [6.07, 6.45) is 4.27. The van der Waals surface area contributed by atoms with E-state index in [1.165, 1.54) is 4.68 Å². The number of esters is 1. The van der Waals surface area contributed by atoms with Gasteiger partial charge in [-0.05, 0) is 31.0 Å². The van der Waals surface area contributed by atoms with Crippen molar-refractivity contribution in [3.05, 3.63) is 23.7 Å². The van der Waals surface area contributed by atoms with Gasteiger partial charge >= 0.3 is 5.97 Å². The molecule has 0 amide bonds. The van der Waals surface area contributed by atoms with Crippen LogP contribution in [0.1, 0.15) is 19.8 Å². The molecule has 0 aliphatic carbocycles. The maximum Gasteiger partial charge on any atom is 0.305 e. The molecule has 8 nitrogen and oxygen atoms in total. The normalized spacial score (nSPS) is 10.4. The van der Waals surface area contributed by atoms with Gasteiger partial charge in [-0.3, -0.25) is 4.79 Å². The van der Waals surface area contributed by atoms with E-state index < -0.39 is 0 Å². The molecule has 0 saturated carbocycles. The summed E-state index contributed by atoms with van der Waals surface area (Å²) >= 11 is 5.85. The Balaban J connectivity index is 1.90. The second-order valence-corrected chi connectivity index (χ2v) is 4.35. The molecule has 2 aromatic heterocycles. The monoisotopic (exact) mass is 310 g/mol. The molecule has 2 rings (SSSR count). The minimum Gasteiger partial charge on any atom is -0.466 e. The van der Waals surface area contributed by atoms with Crippen molar-refractivity contribution in [2.45, 2.75) is 19.8 Å². The first-order valence-corrected chi connectivity index (χ1v) is 6.88. The fourth-order valence-corrected chi connectivity index (χ4v) is 1.73. The molecule has 2 aromatic rings. The van der Waals surface area contributed by atoms with Gasteiger partial charge in [-0.15, -0.1) is 0 Å². The standard InChI is InChI=1S/C12H15ClN6O2/c1-2-21-9(20)5-3-6-14-11-16-10(13)17-12(18-11)19-8-4-7-15-19/h4,7-8H,2-3,5-6H2,1H3,(H,14,16,17,18). The van der Waals surface area contributed by atoms with Crippen LogP contribution in [0.25, 0.3) is 5.95 Å². The summed E-state index contributed by atoms with van der Waals surface area (Å²) in [5.41, 5.74) is 0. The predicted molar refractivity (Wildman–Crippen MR) is 76.3 cm³/mol. The summed E-state index contributed by atoms with van der Waals surface area (Å²) in [5.74, 6) is 0.447. The Bertz CT molecular complexity index is 589. The molecular weight excluding hydrogens is 296 g/mol. The fraction of sp³-hybridized carbons (Fsp3) is 0.417. The zero-order chi connectivity index (χ0) is 15.1. The van der Waals surface area contributed by atoms with Crippen molar-refractivity contribution in [2.24, 2.45) is 0 Å². The van der Waals surface area contributed by atoms with E-state index in [0.29, 0.717) is 37.9 Å². The Morgan fingerprint density at radius 3 is 3.00 bits per heavy atom. The van der Waals surface area contributed by atoms with E-state index in [1.807, 2.05) is 0 Å². The van der Waals surface area contributed by atoms with Gasteiger partial charge in [-0.25, -0.2) is 4.68 Å². The number of anilines is 1. The summed E-state index contributed by atoms with van der Waals surface area (Å²) in [6, 6.07) is 1.75. The molecular formula is C12H15ClN6O2. The van der Waals surface area contributed by atoms with Crippen LogP contribution in [0.2, 0.25) is 5.28 Å². The Morgan fingerprint density at radius 2 is 2.29 bits per heavy atom. The van der Waals surface area contributed by atoms with E-state index >= 15 is 0 Å². The van der Waals surface area contributed by atoms with Crippen molar-refractivity contribution in [1.82, 2.24) is 24.7 Å². The van der Waals surface area contributed by atoms with Crippen molar-refractivity contribution < 1.29 is 9.53 Å². The Labute approximate surface area is 126 Å². The molecule has 0 saturated heterocycles. The summed E-state index contributed by atoms with van der Waals surface area (Å²) in [4.78, 5) is 23.3. The maximum atomic E-state index is 11.2. The lowest BCUT2D eigenvalue weighted by molar-refractivity contribution is -0.143. The average Bonchev–Trinajstić information content (AvgIpc) is 2.97. The molecule has 21 heavy (non-hydrogen) atoms. The minimum atomic E-state index is -0.217. The van der Waals surface area contributed by atoms with Crippen molar-refractivity contribution >= 4 is 23.5 Å². The van der Waals surface area contributed by atoms with Gasteiger partial charge in [0.1, 0.15) is 0 Å². The van der Waals surface area contributed by atoms with Gasteiger partial charge in [-0.2, -0.15) is 20.1 Å². The highest BCUT2D eigenvalue weighted by molar-refractivity contribution is 6.28. The third-order valence-corrected chi connectivity index (χ3v) is 2.62. The molecule has 2 heterocycles. The molecule has 1 N–H and O–H groups in total. The second kappa shape index (κ2) is 7.53. The van der Waals surface area contributed by atoms with Crippen LogP contribution in [0.5, 0.6) is 0 Å². The molecule has 0 radical (unpaired) electrons. The van der Waals surface area contributed by atoms with E-state index in [-0.39, 0.29) is 11.3 Å². The van der Waals surface area contributed by atoms with Gasteiger partial charge in [0.25, 0.3) is 5.95 Å². The largest absolute Gasteiger partial charge is 0.466 e. The quantitative estimate of drug-likeness (QED) is 0.611. The first-order valence-electron chi connectivity index (χ1n) is 6.50. The third-order valence-electron chi connectivity index (χ3n) is 2.45. The molecule has 112 valence electrons. The van der Waals surface area contributed by atoms with Crippen LogP contribution in [-0.2, 0) is 9.53 Å². The maximum absolute atomic E-state index is 11.2. The zero-order valence-corrected chi connectivity index (χ0v) is 12.2. The number of rotatable bonds is 7. The summed E-state index contributed by atoms with van der Waals surface area (Å²) in [5, 5.41) is 7.09. The van der Waals surface area contributed by atoms with Crippen LogP contribution >= 0.6 is 11.6 Å². The predicted octanol–water partition coefficient (Wildman–Crippen LogP) is 1.47. The number of carbonyl (C=O) groups excluding carboxylic acids is 1. The number of aromatic nitrogens is 5. The van der Waals surface area contributed by atoms with Crippen LogP contribution in [0.3, 0.4) is 0 Å². The van der Waals surface area contributed by atoms with Gasteiger partial charge in [0, 0.05) is 25.4 Å². The van der Waals surface area contributed by atoms with Crippen molar-refractivity contribution in [3.8, 4) is 5.95 Å². The van der Waals surface area contributed by atoms with Crippen molar-refractivity contribution in [1.29, 1.82) is 0 Å². The number of carbonyl (C=O) groups is 1. The Hall–Kier alpha value is -2.22. The number of halogens is 1. The minimum absolute atomic E-state index is 0.0726. The molecule has 0 unspecified atom stereocenters. The van der Waals surface area contributed by atoms with Crippen molar-refractivity contribution in [3.63, 3.8) is 0 Å². The Kier molecular flexibility index (Phi) is 5.44. The molecule has 0 aliphatic rings. The fourth-order valence-electron chi connectivity index (χ4n) is 1.57. The summed E-state index contributed by atoms with van der Waals surface area (Å²) < 4.78 is 6.32. The number of nitrogens with zero attached hydrogens (tertiary/aromatic N) is 5. The molecule has 0 aliphatic heterocycles. The summed E-state index contributed by atoms with van der Waals surface area (Å²) in [7, 11) is 0. The number of hydrogen-bond acceptors (Lipinski definition) is 7. The third kappa shape index (κ3) is 4.67. The van der Waals surface area contributed by atoms with Gasteiger partial charge in [0.15, 0.2) is 0 Å². The highest BCUT2D eigenvalue weighted by atomic mass is 35.5. The average molecular weight is 311 g/mol. The van der Waals surface area contributed by atoms with E-state index in [2.05, 4.69) is 25.4 Å². The molecule has 0 aromatic carbocycles. The van der Waals surface area contributed by atoms with Gasteiger partial charge in [0.2, 0.25) is 11.2 Å². The summed E-state index contributed by atoms with van der Waals surface area (Å²) in [6.45, 7) is 2.69. The first kappa shape index (κ1) is 15.2. The topological polar surface area (TPSA) is 94.8 Å². The molecule has 9 heteroatoms. The molecule has 0 spiro atoms. The van der Waals surface area contributed by atoms with Crippen LogP contribution in [-0.4, -0.2) is 43.9 Å². The molecule has 0 bridgehead atoms. The second-order valence-electron chi connectivity index (χ2n) is 4.01. The highest BCUT2D eigenvalue weighted by Gasteiger charge is 2.07. The zero-order valence-electron chi connectivity index (χ0n) is 11.5. The van der Waals surface area contributed by atoms with E-state index in [1.54, 1.807) is 25.4 Å². The van der Waals surface area contributed by atoms with Crippen molar-refractivity contribution in [2.75, 3.05) is 18.5 Å². The SMILES string of the molecule is CCOC(=O)CCCNc1nc(Cl)nc(-n2cccn2)n1. The van der Waals surface area contributed by atoms with Crippen LogP contribution in [0.4, 0.5) is 5.95 Å². The smallest absolute Gasteiger partial charge is 0.305 e. The van der Waals surface area contributed by atoms with E-state index in [4.69, 9.17) is 16.3 Å². The van der Waals surface area contributed by atoms with Gasteiger partial charge in [-0.1, -0.05) is 0 Å². The van der Waals surface area contributed by atoms with Gasteiger partial charge < -0.3 is 10.1 Å². The highest BCUT2D eigenvalue weighted by Crippen LogP contribution is 2.09. The van der Waals surface area contributed by atoms with Gasteiger partial charge in [0.05, 0.1) is 6.61 Å². The first-order chi connectivity index (χ1) is 10.2. The molecule has 0 atom stereocenters. The Morgan fingerprint density at radius 1 is 1.43 bits per heavy atom. The number of ether oxygens (including phenoxy) is 1. The van der Waals surface area contributed by atoms with Crippen LogP contribution in [0.15, 0.2) is 18.5 Å². The molecule has 0 fully saturated rings. The number of hydrogen-bond donors (Lipinski definition) is 1. The van der Waals surface area contributed by atoms with E-state index in [0.717, 1.165) is 0 Å². The van der Waals surface area contributed by atoms with E-state index in [9.17, 15) is 4.79 Å².